The molecule has 0 radical (unpaired) electrons. The van der Waals surface area contributed by atoms with E-state index in [1.807, 2.05) is 48.5 Å². The lowest BCUT2D eigenvalue weighted by Gasteiger charge is -2.48. The number of methoxy groups -OCH3 is 2. The molecule has 2 aliphatic heterocycles. The minimum absolute atomic E-state index is 0.235. The summed E-state index contributed by atoms with van der Waals surface area (Å²) in [5.41, 5.74) is 0.349. The molecule has 0 aromatic heterocycles. The third-order valence-corrected chi connectivity index (χ3v) is 8.16. The van der Waals surface area contributed by atoms with Crippen molar-refractivity contribution in [1.82, 2.24) is 5.32 Å². The summed E-state index contributed by atoms with van der Waals surface area (Å²) < 4.78 is 30.4. The van der Waals surface area contributed by atoms with Gasteiger partial charge >= 0.3 is 0 Å². The van der Waals surface area contributed by atoms with Gasteiger partial charge in [0, 0.05) is 7.05 Å². The SMILES string of the molecule is C=CCC(O)(CC=C)[C@H]1O[C@@H]2SC(=NC)N[C@@H]2[C@@H](OCc2ccc(OC)cc2)[C@@H]1OCc1ccc(OC)cc1. The molecule has 0 unspecified atom stereocenters. The summed E-state index contributed by atoms with van der Waals surface area (Å²) >= 11 is 1.49. The van der Waals surface area contributed by atoms with Crippen LogP contribution in [0.25, 0.3) is 0 Å². The minimum Gasteiger partial charge on any atom is -0.497 e. The van der Waals surface area contributed by atoms with Gasteiger partial charge in [-0.2, -0.15) is 0 Å². The Labute approximate surface area is 235 Å². The maximum atomic E-state index is 11.9. The summed E-state index contributed by atoms with van der Waals surface area (Å²) in [5, 5.41) is 16.1. The van der Waals surface area contributed by atoms with Gasteiger partial charge in [-0.3, -0.25) is 4.99 Å². The Hall–Kier alpha value is -2.82. The van der Waals surface area contributed by atoms with Crippen LogP contribution in [0.1, 0.15) is 24.0 Å². The van der Waals surface area contributed by atoms with Crippen LogP contribution in [-0.4, -0.2) is 66.9 Å². The van der Waals surface area contributed by atoms with Gasteiger partial charge in [-0.25, -0.2) is 0 Å². The van der Waals surface area contributed by atoms with Crippen LogP contribution in [0.15, 0.2) is 78.8 Å². The molecule has 0 aliphatic carbocycles. The van der Waals surface area contributed by atoms with Crippen molar-refractivity contribution in [2.45, 2.75) is 61.4 Å². The van der Waals surface area contributed by atoms with Crippen molar-refractivity contribution in [3.05, 3.63) is 85.0 Å². The molecule has 2 fully saturated rings. The van der Waals surface area contributed by atoms with E-state index in [-0.39, 0.29) is 11.5 Å². The van der Waals surface area contributed by atoms with E-state index in [2.05, 4.69) is 23.5 Å². The molecule has 39 heavy (non-hydrogen) atoms. The molecule has 0 saturated carbocycles. The minimum atomic E-state index is -1.28. The van der Waals surface area contributed by atoms with Gasteiger partial charge in [0.05, 0.1) is 33.5 Å². The zero-order chi connectivity index (χ0) is 27.8. The second-order valence-electron chi connectivity index (χ2n) is 9.58. The van der Waals surface area contributed by atoms with Crippen molar-refractivity contribution in [3.63, 3.8) is 0 Å². The second-order valence-corrected chi connectivity index (χ2v) is 10.7. The van der Waals surface area contributed by atoms with E-state index in [4.69, 9.17) is 23.7 Å². The lowest BCUT2D eigenvalue weighted by atomic mass is 9.81. The van der Waals surface area contributed by atoms with Gasteiger partial charge < -0.3 is 34.1 Å². The lowest BCUT2D eigenvalue weighted by molar-refractivity contribution is -0.245. The van der Waals surface area contributed by atoms with E-state index in [0.717, 1.165) is 27.8 Å². The van der Waals surface area contributed by atoms with Gasteiger partial charge in [-0.15, -0.1) is 13.2 Å². The molecule has 2 N–H and O–H groups in total. The topological polar surface area (TPSA) is 90.8 Å². The van der Waals surface area contributed by atoms with Crippen LogP contribution >= 0.6 is 11.8 Å². The number of aliphatic imine (C=N–C) groups is 1. The summed E-state index contributed by atoms with van der Waals surface area (Å²) in [6.07, 6.45) is 2.24. The quantitative estimate of drug-likeness (QED) is 0.351. The number of ether oxygens (including phenoxy) is 5. The van der Waals surface area contributed by atoms with Crippen molar-refractivity contribution in [2.75, 3.05) is 21.3 Å². The number of hydrogen-bond donors (Lipinski definition) is 2. The van der Waals surface area contributed by atoms with Gasteiger partial charge in [0.1, 0.15) is 40.8 Å². The van der Waals surface area contributed by atoms with Gasteiger partial charge in [-0.05, 0) is 48.2 Å². The summed E-state index contributed by atoms with van der Waals surface area (Å²) in [5.74, 6) is 1.55. The van der Waals surface area contributed by atoms with Crippen molar-refractivity contribution < 1.29 is 28.8 Å². The molecule has 2 aromatic rings. The Morgan fingerprint density at radius 1 is 0.923 bits per heavy atom. The van der Waals surface area contributed by atoms with Gasteiger partial charge in [0.2, 0.25) is 0 Å². The molecule has 5 atom stereocenters. The third-order valence-electron chi connectivity index (χ3n) is 7.00. The van der Waals surface area contributed by atoms with Crippen molar-refractivity contribution in [2.24, 2.45) is 4.99 Å². The number of fused-ring (bicyclic) bond motifs is 1. The number of rotatable bonds is 13. The maximum Gasteiger partial charge on any atom is 0.159 e. The van der Waals surface area contributed by atoms with E-state index < -0.39 is 23.9 Å². The molecule has 8 nitrogen and oxygen atoms in total. The van der Waals surface area contributed by atoms with Gasteiger partial charge in [0.25, 0.3) is 0 Å². The molecule has 0 amide bonds. The van der Waals surface area contributed by atoms with Crippen LogP contribution in [0.5, 0.6) is 11.5 Å². The first kappa shape index (κ1) is 29.2. The number of aliphatic hydroxyl groups is 1. The predicted octanol–water partition coefficient (Wildman–Crippen LogP) is 4.47. The lowest BCUT2D eigenvalue weighted by Crippen LogP contribution is -2.66. The molecular formula is C30H38N2O6S. The van der Waals surface area contributed by atoms with Crippen molar-refractivity contribution >= 4 is 16.9 Å². The van der Waals surface area contributed by atoms with Crippen LogP contribution in [0.4, 0.5) is 0 Å². The standard InChI is InChI=1S/C30H38N2O6S/c1-6-16-30(33,17-7-2)27-26(37-19-21-10-14-23(35-5)15-11-21)25(24-28(38-27)39-29(31-3)32-24)36-18-20-8-12-22(34-4)13-9-20/h6-15,24-28,33H,1-2,16-19H2,3-5H3,(H,31,32)/t24-,25-,26+,27+,28-/m1/s1. The van der Waals surface area contributed by atoms with E-state index in [0.29, 0.717) is 26.1 Å². The highest BCUT2D eigenvalue weighted by Crippen LogP contribution is 2.42. The zero-order valence-electron chi connectivity index (χ0n) is 22.7. The monoisotopic (exact) mass is 554 g/mol. The van der Waals surface area contributed by atoms with Crippen LogP contribution in [0.3, 0.4) is 0 Å². The average molecular weight is 555 g/mol. The molecule has 4 rings (SSSR count). The number of amidine groups is 1. The fraction of sp³-hybridized carbons (Fsp3) is 0.433. The molecule has 2 saturated heterocycles. The number of benzene rings is 2. The van der Waals surface area contributed by atoms with Gasteiger partial charge in [0.15, 0.2) is 5.17 Å². The third kappa shape index (κ3) is 6.85. The Bertz CT molecular complexity index is 1110. The largest absolute Gasteiger partial charge is 0.497 e. The molecule has 2 aromatic carbocycles. The first-order valence-corrected chi connectivity index (χ1v) is 13.8. The molecule has 2 aliphatic rings. The Morgan fingerprint density at radius 2 is 1.44 bits per heavy atom. The maximum absolute atomic E-state index is 11.9. The predicted molar refractivity (Wildman–Crippen MR) is 154 cm³/mol. The Morgan fingerprint density at radius 3 is 1.90 bits per heavy atom. The molecule has 210 valence electrons. The molecular weight excluding hydrogens is 516 g/mol. The number of hydrogen-bond acceptors (Lipinski definition) is 8. The molecule has 2 heterocycles. The number of nitrogens with one attached hydrogen (secondary N) is 1. The Balaban J connectivity index is 1.66. The summed E-state index contributed by atoms with van der Waals surface area (Å²) in [6, 6.07) is 15.2. The van der Waals surface area contributed by atoms with Crippen molar-refractivity contribution in [1.29, 1.82) is 0 Å². The van der Waals surface area contributed by atoms with E-state index >= 15 is 0 Å². The van der Waals surface area contributed by atoms with Crippen LogP contribution in [-0.2, 0) is 27.4 Å². The molecule has 9 heteroatoms. The van der Waals surface area contributed by atoms with Crippen molar-refractivity contribution in [3.8, 4) is 11.5 Å². The number of nitrogens with zero attached hydrogens (tertiary/aromatic N) is 1. The number of thioether (sulfide) groups is 1. The first-order valence-electron chi connectivity index (χ1n) is 12.9. The van der Waals surface area contributed by atoms with Crippen LogP contribution in [0.2, 0.25) is 0 Å². The average Bonchev–Trinajstić information content (AvgIpc) is 3.39. The zero-order valence-corrected chi connectivity index (χ0v) is 23.6. The highest BCUT2D eigenvalue weighted by atomic mass is 32.2. The summed E-state index contributed by atoms with van der Waals surface area (Å²) in [6.45, 7) is 8.40. The summed E-state index contributed by atoms with van der Waals surface area (Å²) in [4.78, 5) is 4.35. The Kier molecular flexibility index (Phi) is 10.1. The fourth-order valence-electron chi connectivity index (χ4n) is 4.95. The van der Waals surface area contributed by atoms with Crippen LogP contribution in [0, 0.1) is 0 Å². The molecule has 0 spiro atoms. The smallest absolute Gasteiger partial charge is 0.159 e. The van der Waals surface area contributed by atoms with E-state index in [1.54, 1.807) is 33.4 Å². The van der Waals surface area contributed by atoms with Gasteiger partial charge in [-0.1, -0.05) is 48.2 Å². The highest BCUT2D eigenvalue weighted by Gasteiger charge is 2.56. The van der Waals surface area contributed by atoms with Crippen LogP contribution < -0.4 is 14.8 Å². The van der Waals surface area contributed by atoms with E-state index in [1.165, 1.54) is 11.8 Å². The van der Waals surface area contributed by atoms with E-state index in [9.17, 15) is 5.11 Å². The summed E-state index contributed by atoms with van der Waals surface area (Å²) in [7, 11) is 5.01. The highest BCUT2D eigenvalue weighted by molar-refractivity contribution is 8.14. The fourth-order valence-corrected chi connectivity index (χ4v) is 6.02. The molecule has 0 bridgehead atoms. The first-order chi connectivity index (χ1) is 18.9. The second kappa shape index (κ2) is 13.5. The normalized spacial score (nSPS) is 25.5.